The van der Waals surface area contributed by atoms with Crippen molar-refractivity contribution in [2.45, 2.75) is 32.9 Å². The van der Waals surface area contributed by atoms with Crippen molar-refractivity contribution in [3.8, 4) is 0 Å². The van der Waals surface area contributed by atoms with E-state index in [0.717, 1.165) is 10.7 Å². The van der Waals surface area contributed by atoms with Crippen molar-refractivity contribution in [2.75, 3.05) is 0 Å². The summed E-state index contributed by atoms with van der Waals surface area (Å²) in [5.74, 6) is 0.889. The second kappa shape index (κ2) is 2.42. The molecule has 1 heterocycles. The Hall–Kier alpha value is -1.10. The molecule has 0 aromatic rings. The van der Waals surface area contributed by atoms with Gasteiger partial charge in [-0.25, -0.2) is 4.79 Å². The summed E-state index contributed by atoms with van der Waals surface area (Å²) in [5, 5.41) is 15.8. The summed E-state index contributed by atoms with van der Waals surface area (Å²) in [5.41, 5.74) is 5.19. The molecular formula is C11H17N3O2. The summed E-state index contributed by atoms with van der Waals surface area (Å²) in [7, 11) is 0. The predicted molar refractivity (Wildman–Crippen MR) is 58.3 cm³/mol. The number of rotatable bonds is 0. The van der Waals surface area contributed by atoms with Gasteiger partial charge in [0.15, 0.2) is 5.72 Å². The van der Waals surface area contributed by atoms with Gasteiger partial charge in [0.1, 0.15) is 0 Å². The molecule has 0 radical (unpaired) electrons. The number of nitrogens with two attached hydrogens (primary N) is 1. The molecule has 4 atom stereocenters. The molecule has 1 aliphatic heterocycles. The smallest absolute Gasteiger partial charge is 0.337 e. The monoisotopic (exact) mass is 223 g/mol. The van der Waals surface area contributed by atoms with Gasteiger partial charge in [-0.1, -0.05) is 13.8 Å². The van der Waals surface area contributed by atoms with Crippen molar-refractivity contribution in [2.24, 2.45) is 34.0 Å². The minimum absolute atomic E-state index is 0.0278. The predicted octanol–water partition coefficient (Wildman–Crippen LogP) is 0.737. The number of carbonyl (C=O) groups excluding carboxylic acids is 1. The summed E-state index contributed by atoms with van der Waals surface area (Å²) < 4.78 is 0. The van der Waals surface area contributed by atoms with E-state index >= 15 is 0 Å². The van der Waals surface area contributed by atoms with Gasteiger partial charge in [-0.2, -0.15) is 10.1 Å². The van der Waals surface area contributed by atoms with Crippen LogP contribution in [0.3, 0.4) is 0 Å². The van der Waals surface area contributed by atoms with E-state index in [2.05, 4.69) is 18.9 Å². The zero-order chi connectivity index (χ0) is 11.9. The number of carbonyl (C=O) groups is 1. The van der Waals surface area contributed by atoms with Crippen LogP contribution in [0.25, 0.3) is 0 Å². The zero-order valence-electron chi connectivity index (χ0n) is 9.77. The van der Waals surface area contributed by atoms with Crippen molar-refractivity contribution in [1.29, 1.82) is 0 Å². The van der Waals surface area contributed by atoms with Crippen molar-refractivity contribution in [1.82, 2.24) is 5.01 Å². The molecule has 16 heavy (non-hydrogen) atoms. The largest absolute Gasteiger partial charge is 0.368 e. The molecule has 5 nitrogen and oxygen atoms in total. The average molecular weight is 223 g/mol. The number of hydrogen-bond acceptors (Lipinski definition) is 3. The van der Waals surface area contributed by atoms with Gasteiger partial charge in [-0.05, 0) is 24.2 Å². The van der Waals surface area contributed by atoms with Crippen LogP contribution in [0.2, 0.25) is 0 Å². The van der Waals surface area contributed by atoms with Crippen LogP contribution in [0.5, 0.6) is 0 Å². The van der Waals surface area contributed by atoms with Crippen LogP contribution in [0, 0.1) is 23.2 Å². The number of amides is 2. The average Bonchev–Trinajstić information content (AvgIpc) is 2.51. The minimum Gasteiger partial charge on any atom is -0.368 e. The third-order valence-electron chi connectivity index (χ3n) is 4.80. The number of fused-ring (bicyclic) bond motifs is 3. The van der Waals surface area contributed by atoms with Crippen molar-refractivity contribution < 1.29 is 9.90 Å². The highest BCUT2D eigenvalue weighted by atomic mass is 16.3. The number of hydrazone groups is 1. The standard InChI is InChI=1S/C11H17N3O2/c1-5-7-8-6(10(8,2)3)4-11(7,16)14(13-5)9(12)15/h6-8,16H,4H2,1-3H3,(H2,12,15)/t6-,7+,8+,11-/m1/s1. The molecule has 0 saturated heterocycles. The summed E-state index contributed by atoms with van der Waals surface area (Å²) in [6, 6.07) is -0.663. The SMILES string of the molecule is CC1=NN(C(N)=O)[C@@]2(O)C[C@@H]3[C@@H]([C@H]12)C3(C)C. The summed E-state index contributed by atoms with van der Waals surface area (Å²) in [6.45, 7) is 6.29. The second-order valence-corrected chi connectivity index (χ2v) is 5.91. The fourth-order valence-electron chi connectivity index (χ4n) is 3.94. The summed E-state index contributed by atoms with van der Waals surface area (Å²) in [6.07, 6.45) is 0.596. The lowest BCUT2D eigenvalue weighted by atomic mass is 9.84. The molecule has 0 spiro atoms. The van der Waals surface area contributed by atoms with E-state index in [0.29, 0.717) is 18.3 Å². The van der Waals surface area contributed by atoms with Gasteiger partial charge in [-0.3, -0.25) is 0 Å². The van der Waals surface area contributed by atoms with Gasteiger partial charge in [-0.15, -0.1) is 0 Å². The maximum Gasteiger partial charge on any atom is 0.337 e. The summed E-state index contributed by atoms with van der Waals surface area (Å²) >= 11 is 0. The number of primary amides is 1. The van der Waals surface area contributed by atoms with E-state index in [4.69, 9.17) is 5.73 Å². The Kier molecular flexibility index (Phi) is 1.53. The highest BCUT2D eigenvalue weighted by Crippen LogP contribution is 2.73. The maximum atomic E-state index is 11.3. The molecule has 5 heteroatoms. The Bertz CT molecular complexity index is 417. The molecule has 3 aliphatic rings. The van der Waals surface area contributed by atoms with Gasteiger partial charge in [0.2, 0.25) is 0 Å². The fourth-order valence-corrected chi connectivity index (χ4v) is 3.94. The molecule has 0 aromatic carbocycles. The first-order valence-electron chi connectivity index (χ1n) is 5.67. The Morgan fingerprint density at radius 2 is 2.25 bits per heavy atom. The van der Waals surface area contributed by atoms with E-state index < -0.39 is 11.8 Å². The van der Waals surface area contributed by atoms with Crippen LogP contribution in [0.15, 0.2) is 5.10 Å². The van der Waals surface area contributed by atoms with Crippen LogP contribution >= 0.6 is 0 Å². The molecule has 2 aliphatic carbocycles. The third-order valence-corrected chi connectivity index (χ3v) is 4.80. The Morgan fingerprint density at radius 1 is 1.62 bits per heavy atom. The molecule has 3 N–H and O–H groups in total. The van der Waals surface area contributed by atoms with Gasteiger partial charge in [0.05, 0.1) is 5.92 Å². The first-order valence-corrected chi connectivity index (χ1v) is 5.67. The summed E-state index contributed by atoms with van der Waals surface area (Å²) in [4.78, 5) is 11.3. The van der Waals surface area contributed by atoms with Crippen LogP contribution in [-0.2, 0) is 0 Å². The molecule has 3 rings (SSSR count). The highest BCUT2D eigenvalue weighted by molar-refractivity contribution is 5.91. The maximum absolute atomic E-state index is 11.3. The molecule has 0 unspecified atom stereocenters. The second-order valence-electron chi connectivity index (χ2n) is 5.91. The van der Waals surface area contributed by atoms with Crippen LogP contribution < -0.4 is 5.73 Å². The lowest BCUT2D eigenvalue weighted by Crippen LogP contribution is -2.52. The van der Waals surface area contributed by atoms with Crippen molar-refractivity contribution >= 4 is 11.7 Å². The third kappa shape index (κ3) is 0.867. The van der Waals surface area contributed by atoms with E-state index in [1.807, 2.05) is 6.92 Å². The minimum atomic E-state index is -1.15. The number of hydrogen-bond donors (Lipinski definition) is 2. The highest BCUT2D eigenvalue weighted by Gasteiger charge is 2.75. The van der Waals surface area contributed by atoms with Crippen molar-refractivity contribution in [3.63, 3.8) is 0 Å². The molecule has 88 valence electrons. The van der Waals surface area contributed by atoms with Gasteiger partial charge in [0, 0.05) is 12.1 Å². The lowest BCUT2D eigenvalue weighted by Gasteiger charge is -2.34. The first kappa shape index (κ1) is 10.1. The Labute approximate surface area is 94.3 Å². The van der Waals surface area contributed by atoms with Gasteiger partial charge < -0.3 is 10.8 Å². The molecule has 2 saturated carbocycles. The Balaban J connectivity index is 1.99. The number of nitrogens with zero attached hydrogens (tertiary/aromatic N) is 2. The van der Waals surface area contributed by atoms with Gasteiger partial charge >= 0.3 is 6.03 Å². The van der Waals surface area contributed by atoms with Crippen LogP contribution in [-0.4, -0.2) is 27.6 Å². The molecule has 2 amide bonds. The number of aliphatic hydroxyl groups is 1. The normalized spacial score (nSPS) is 47.4. The zero-order valence-corrected chi connectivity index (χ0v) is 9.77. The molecule has 0 bridgehead atoms. The van der Waals surface area contributed by atoms with E-state index in [1.54, 1.807) is 0 Å². The van der Waals surface area contributed by atoms with E-state index in [9.17, 15) is 9.90 Å². The van der Waals surface area contributed by atoms with E-state index in [1.165, 1.54) is 0 Å². The topological polar surface area (TPSA) is 78.9 Å². The lowest BCUT2D eigenvalue weighted by molar-refractivity contribution is -0.0944. The number of urea groups is 1. The molecule has 2 fully saturated rings. The molecular weight excluding hydrogens is 206 g/mol. The fraction of sp³-hybridized carbons (Fsp3) is 0.818. The van der Waals surface area contributed by atoms with E-state index in [-0.39, 0.29) is 11.3 Å². The Morgan fingerprint density at radius 3 is 2.81 bits per heavy atom. The van der Waals surface area contributed by atoms with Crippen LogP contribution in [0.4, 0.5) is 4.79 Å². The van der Waals surface area contributed by atoms with Gasteiger partial charge in [0.25, 0.3) is 0 Å². The molecule has 0 aromatic heterocycles. The first-order chi connectivity index (χ1) is 7.30. The van der Waals surface area contributed by atoms with Crippen LogP contribution in [0.1, 0.15) is 27.2 Å². The quantitative estimate of drug-likeness (QED) is 0.635. The van der Waals surface area contributed by atoms with Crippen molar-refractivity contribution in [3.05, 3.63) is 0 Å².